The fourth-order valence-corrected chi connectivity index (χ4v) is 0. The molecule has 0 aliphatic heterocycles. The summed E-state index contributed by atoms with van der Waals surface area (Å²) >= 11 is 4.71. The first-order chi connectivity index (χ1) is 3.68. The maximum absolute atomic E-state index is 9.46. The van der Waals surface area contributed by atoms with Crippen molar-refractivity contribution in [2.45, 2.75) is 6.92 Å². The molecule has 0 spiro atoms. The molecule has 0 aliphatic rings. The van der Waals surface area contributed by atoms with Gasteiger partial charge in [0.15, 0.2) is 0 Å². The summed E-state index contributed by atoms with van der Waals surface area (Å²) in [6.07, 6.45) is 1.04. The van der Waals surface area contributed by atoms with Gasteiger partial charge in [-0.2, -0.15) is 0 Å². The van der Waals surface area contributed by atoms with E-state index >= 15 is 0 Å². The Morgan fingerprint density at radius 1 is 2.00 bits per heavy atom. The van der Waals surface area contributed by atoms with Crippen molar-refractivity contribution in [3.8, 4) is 0 Å². The van der Waals surface area contributed by atoms with Gasteiger partial charge in [-0.05, 0) is 24.6 Å². The zero-order chi connectivity index (χ0) is 6.99. The van der Waals surface area contributed by atoms with Crippen LogP contribution < -0.4 is 0 Å². The van der Waals surface area contributed by atoms with Crippen LogP contribution >= 0.6 is 11.6 Å². The lowest BCUT2D eigenvalue weighted by Gasteiger charge is -1.59. The van der Waals surface area contributed by atoms with Crippen LogP contribution in [0.25, 0.3) is 0 Å². The molecule has 0 aromatic heterocycles. The van der Waals surface area contributed by atoms with Crippen LogP contribution in [0, 0.1) is 0 Å². The first-order valence-corrected chi connectivity index (χ1v) is 2.49. The number of halogens is 1. The highest BCUT2D eigenvalue weighted by Gasteiger charge is 1.74. The van der Waals surface area contributed by atoms with E-state index in [1.807, 2.05) is 0 Å². The molecule has 0 radical (unpaired) electrons. The molecule has 3 heteroatoms. The fraction of sp³-hybridized carbons (Fsp3) is 0.400. The largest absolute Gasteiger partial charge is 0.397 e. The van der Waals surface area contributed by atoms with Gasteiger partial charge in [-0.1, -0.05) is 6.58 Å². The number of hydrogen-bond donors (Lipinski definition) is 1. The SMILES string of the molecule is C=CC(=O)Cl.CCO. The molecule has 0 atom stereocenters. The Labute approximate surface area is 53.8 Å². The zero-order valence-corrected chi connectivity index (χ0v) is 5.48. The zero-order valence-electron chi connectivity index (χ0n) is 4.72. The number of allylic oxidation sites excluding steroid dienone is 1. The molecule has 0 aliphatic carbocycles. The molecule has 0 aromatic carbocycles. The molecule has 0 unspecified atom stereocenters. The summed E-state index contributed by atoms with van der Waals surface area (Å²) in [6, 6.07) is 0. The van der Waals surface area contributed by atoms with E-state index in [1.165, 1.54) is 0 Å². The lowest BCUT2D eigenvalue weighted by molar-refractivity contribution is -0.107. The molecule has 0 bridgehead atoms. The Morgan fingerprint density at radius 2 is 2.12 bits per heavy atom. The molecule has 0 fully saturated rings. The maximum atomic E-state index is 9.46. The van der Waals surface area contributed by atoms with Gasteiger partial charge >= 0.3 is 0 Å². The van der Waals surface area contributed by atoms with Gasteiger partial charge in [-0.15, -0.1) is 0 Å². The number of carbonyl (C=O) groups is 1. The second-order valence-corrected chi connectivity index (χ2v) is 1.20. The summed E-state index contributed by atoms with van der Waals surface area (Å²) < 4.78 is 0. The molecule has 0 heterocycles. The minimum atomic E-state index is -0.509. The van der Waals surface area contributed by atoms with E-state index in [0.717, 1.165) is 6.08 Å². The monoisotopic (exact) mass is 136 g/mol. The van der Waals surface area contributed by atoms with Crippen LogP contribution in [0.2, 0.25) is 0 Å². The van der Waals surface area contributed by atoms with Crippen molar-refractivity contribution < 1.29 is 9.90 Å². The van der Waals surface area contributed by atoms with Gasteiger partial charge in [0.2, 0.25) is 5.24 Å². The quantitative estimate of drug-likeness (QED) is 0.430. The molecule has 0 aromatic rings. The van der Waals surface area contributed by atoms with E-state index < -0.39 is 5.24 Å². The molecule has 2 nitrogen and oxygen atoms in total. The van der Waals surface area contributed by atoms with Gasteiger partial charge in [0, 0.05) is 6.61 Å². The van der Waals surface area contributed by atoms with Crippen LogP contribution in [0.3, 0.4) is 0 Å². The molecule has 1 N–H and O–H groups in total. The minimum Gasteiger partial charge on any atom is -0.397 e. The molecule has 0 saturated carbocycles. The average molecular weight is 137 g/mol. The average Bonchev–Trinajstić information content (AvgIpc) is 1.69. The third kappa shape index (κ3) is 44.6. The summed E-state index contributed by atoms with van der Waals surface area (Å²) in [7, 11) is 0. The first-order valence-electron chi connectivity index (χ1n) is 2.11. The van der Waals surface area contributed by atoms with Crippen molar-refractivity contribution in [1.82, 2.24) is 0 Å². The minimum absolute atomic E-state index is 0.250. The number of rotatable bonds is 1. The number of aliphatic hydroxyl groups is 1. The first kappa shape index (κ1) is 10.6. The van der Waals surface area contributed by atoms with Gasteiger partial charge in [0.05, 0.1) is 0 Å². The summed E-state index contributed by atoms with van der Waals surface area (Å²) in [5.74, 6) is 0. The highest BCUT2D eigenvalue weighted by molar-refractivity contribution is 6.66. The molecule has 0 amide bonds. The Balaban J connectivity index is 0. The summed E-state index contributed by atoms with van der Waals surface area (Å²) in [6.45, 7) is 5.01. The fourth-order valence-electron chi connectivity index (χ4n) is 0. The second-order valence-electron chi connectivity index (χ2n) is 0.824. The van der Waals surface area contributed by atoms with E-state index in [1.54, 1.807) is 6.92 Å². The van der Waals surface area contributed by atoms with Crippen LogP contribution in [0.5, 0.6) is 0 Å². The van der Waals surface area contributed by atoms with Gasteiger partial charge < -0.3 is 5.11 Å². The lowest BCUT2D eigenvalue weighted by atomic mass is 10.7. The van der Waals surface area contributed by atoms with E-state index in [9.17, 15) is 4.79 Å². The van der Waals surface area contributed by atoms with Crippen molar-refractivity contribution >= 4 is 16.8 Å². The highest BCUT2D eigenvalue weighted by atomic mass is 35.5. The van der Waals surface area contributed by atoms with Crippen LogP contribution in [-0.2, 0) is 4.79 Å². The van der Waals surface area contributed by atoms with Crippen molar-refractivity contribution in [1.29, 1.82) is 0 Å². The number of hydrogen-bond acceptors (Lipinski definition) is 2. The van der Waals surface area contributed by atoms with E-state index in [0.29, 0.717) is 0 Å². The third-order valence-electron chi connectivity index (χ3n) is 0.160. The van der Waals surface area contributed by atoms with Crippen LogP contribution in [-0.4, -0.2) is 17.0 Å². The highest BCUT2D eigenvalue weighted by Crippen LogP contribution is 1.74. The molecule has 0 rings (SSSR count). The molecule has 0 saturated heterocycles. The number of carbonyl (C=O) groups excluding carboxylic acids is 1. The predicted molar refractivity (Wildman–Crippen MR) is 33.8 cm³/mol. The van der Waals surface area contributed by atoms with Crippen molar-refractivity contribution in [2.24, 2.45) is 0 Å². The van der Waals surface area contributed by atoms with E-state index in [4.69, 9.17) is 16.7 Å². The van der Waals surface area contributed by atoms with Crippen LogP contribution in [0.1, 0.15) is 6.92 Å². The van der Waals surface area contributed by atoms with Crippen LogP contribution in [0.15, 0.2) is 12.7 Å². The van der Waals surface area contributed by atoms with E-state index in [-0.39, 0.29) is 6.61 Å². The summed E-state index contributed by atoms with van der Waals surface area (Å²) in [5.41, 5.74) is 0. The Kier molecular flexibility index (Phi) is 13.0. The van der Waals surface area contributed by atoms with Crippen LogP contribution in [0.4, 0.5) is 0 Å². The maximum Gasteiger partial charge on any atom is 0.244 e. The Hall–Kier alpha value is -0.340. The van der Waals surface area contributed by atoms with Gasteiger partial charge in [-0.25, -0.2) is 0 Å². The number of aliphatic hydroxyl groups excluding tert-OH is 1. The smallest absolute Gasteiger partial charge is 0.244 e. The van der Waals surface area contributed by atoms with Gasteiger partial charge in [0.1, 0.15) is 0 Å². The van der Waals surface area contributed by atoms with Gasteiger partial charge in [-0.3, -0.25) is 4.79 Å². The summed E-state index contributed by atoms with van der Waals surface area (Å²) in [4.78, 5) is 9.46. The van der Waals surface area contributed by atoms with Crippen molar-refractivity contribution in [2.75, 3.05) is 6.61 Å². The summed E-state index contributed by atoms with van der Waals surface area (Å²) in [5, 5.41) is 7.06. The topological polar surface area (TPSA) is 37.3 Å². The van der Waals surface area contributed by atoms with E-state index in [2.05, 4.69) is 6.58 Å². The van der Waals surface area contributed by atoms with Crippen molar-refractivity contribution in [3.05, 3.63) is 12.7 Å². The molecular weight excluding hydrogens is 128 g/mol. The standard InChI is InChI=1S/C3H3ClO.C2H6O/c1-2-3(4)5;1-2-3/h2H,1H2;3H,2H2,1H3. The molecule has 48 valence electrons. The second kappa shape index (κ2) is 9.83. The van der Waals surface area contributed by atoms with Gasteiger partial charge in [0.25, 0.3) is 0 Å². The lowest BCUT2D eigenvalue weighted by Crippen LogP contribution is -1.67. The Bertz CT molecular complexity index is 70.8. The third-order valence-corrected chi connectivity index (χ3v) is 0.315. The van der Waals surface area contributed by atoms with Crippen molar-refractivity contribution in [3.63, 3.8) is 0 Å². The molecule has 8 heavy (non-hydrogen) atoms. The Morgan fingerprint density at radius 3 is 2.12 bits per heavy atom. The predicted octanol–water partition coefficient (Wildman–Crippen LogP) is 0.936. The molecular formula is C5H9ClO2. The normalized spacial score (nSPS) is 6.38.